The van der Waals surface area contributed by atoms with E-state index in [4.69, 9.17) is 4.74 Å². The molecule has 0 saturated heterocycles. The second-order valence-electron chi connectivity index (χ2n) is 5.13. The highest BCUT2D eigenvalue weighted by atomic mass is 16.5. The molecule has 2 N–H and O–H groups in total. The summed E-state index contributed by atoms with van der Waals surface area (Å²) in [6, 6.07) is 12.6. The molecule has 0 heterocycles. The topological polar surface area (TPSA) is 67.4 Å². The summed E-state index contributed by atoms with van der Waals surface area (Å²) >= 11 is 0. The van der Waals surface area contributed by atoms with Crippen molar-refractivity contribution in [3.05, 3.63) is 59.2 Å². The zero-order valence-corrected chi connectivity index (χ0v) is 13.5. The number of ether oxygens (including phenoxy) is 1. The molecule has 5 heteroatoms. The van der Waals surface area contributed by atoms with Gasteiger partial charge in [-0.05, 0) is 42.3 Å². The van der Waals surface area contributed by atoms with Gasteiger partial charge in [0, 0.05) is 18.3 Å². The second kappa shape index (κ2) is 7.45. The SMILES string of the molecule is CNC(=O)c1cccc(NC(=O)Cc2cccc(OC)c2)c1C. The number of rotatable bonds is 5. The maximum Gasteiger partial charge on any atom is 0.251 e. The molecule has 0 radical (unpaired) electrons. The average Bonchev–Trinajstić information content (AvgIpc) is 2.56. The number of hydrogen-bond acceptors (Lipinski definition) is 3. The third kappa shape index (κ3) is 4.10. The van der Waals surface area contributed by atoms with Crippen LogP contribution in [-0.4, -0.2) is 26.0 Å². The number of anilines is 1. The van der Waals surface area contributed by atoms with Gasteiger partial charge in [-0.3, -0.25) is 9.59 Å². The number of carbonyl (C=O) groups excluding carboxylic acids is 2. The summed E-state index contributed by atoms with van der Waals surface area (Å²) in [5, 5.41) is 5.45. The van der Waals surface area contributed by atoms with E-state index in [1.165, 1.54) is 0 Å². The van der Waals surface area contributed by atoms with Crippen molar-refractivity contribution in [2.45, 2.75) is 13.3 Å². The van der Waals surface area contributed by atoms with E-state index in [2.05, 4.69) is 10.6 Å². The lowest BCUT2D eigenvalue weighted by atomic mass is 10.1. The fourth-order valence-corrected chi connectivity index (χ4v) is 2.31. The van der Waals surface area contributed by atoms with E-state index >= 15 is 0 Å². The van der Waals surface area contributed by atoms with Gasteiger partial charge in [0.15, 0.2) is 0 Å². The van der Waals surface area contributed by atoms with E-state index in [1.807, 2.05) is 31.2 Å². The molecule has 0 atom stereocenters. The molecule has 120 valence electrons. The molecule has 0 spiro atoms. The summed E-state index contributed by atoms with van der Waals surface area (Å²) in [5.41, 5.74) is 2.79. The molecule has 2 aromatic carbocycles. The zero-order chi connectivity index (χ0) is 16.8. The number of methoxy groups -OCH3 is 1. The van der Waals surface area contributed by atoms with Crippen molar-refractivity contribution in [1.29, 1.82) is 0 Å². The van der Waals surface area contributed by atoms with E-state index in [-0.39, 0.29) is 18.2 Å². The highest BCUT2D eigenvalue weighted by Crippen LogP contribution is 2.20. The molecular weight excluding hydrogens is 292 g/mol. The van der Waals surface area contributed by atoms with Crippen LogP contribution in [0.2, 0.25) is 0 Å². The molecule has 0 aliphatic carbocycles. The van der Waals surface area contributed by atoms with Crippen LogP contribution in [0.3, 0.4) is 0 Å². The van der Waals surface area contributed by atoms with Gasteiger partial charge in [0.25, 0.3) is 5.91 Å². The summed E-state index contributed by atoms with van der Waals surface area (Å²) in [6.45, 7) is 1.81. The molecule has 2 aromatic rings. The Morgan fingerprint density at radius 1 is 1.13 bits per heavy atom. The van der Waals surface area contributed by atoms with Crippen LogP contribution in [0, 0.1) is 6.92 Å². The van der Waals surface area contributed by atoms with Gasteiger partial charge >= 0.3 is 0 Å². The maximum absolute atomic E-state index is 12.2. The molecule has 2 amide bonds. The third-order valence-electron chi connectivity index (χ3n) is 3.58. The number of benzene rings is 2. The van der Waals surface area contributed by atoms with E-state index in [0.717, 1.165) is 11.1 Å². The molecule has 0 aliphatic heterocycles. The van der Waals surface area contributed by atoms with Crippen molar-refractivity contribution >= 4 is 17.5 Å². The lowest BCUT2D eigenvalue weighted by molar-refractivity contribution is -0.115. The van der Waals surface area contributed by atoms with Gasteiger partial charge in [-0.25, -0.2) is 0 Å². The van der Waals surface area contributed by atoms with Crippen LogP contribution < -0.4 is 15.4 Å². The van der Waals surface area contributed by atoms with Gasteiger partial charge in [-0.2, -0.15) is 0 Å². The van der Waals surface area contributed by atoms with Crippen molar-refractivity contribution in [2.75, 3.05) is 19.5 Å². The molecule has 0 fully saturated rings. The van der Waals surface area contributed by atoms with Crippen LogP contribution in [0.4, 0.5) is 5.69 Å². The molecule has 0 unspecified atom stereocenters. The summed E-state index contributed by atoms with van der Waals surface area (Å²) in [6.07, 6.45) is 0.237. The normalized spacial score (nSPS) is 10.0. The first kappa shape index (κ1) is 16.5. The van der Waals surface area contributed by atoms with Gasteiger partial charge in [-0.1, -0.05) is 18.2 Å². The monoisotopic (exact) mass is 312 g/mol. The number of nitrogens with one attached hydrogen (secondary N) is 2. The Morgan fingerprint density at radius 2 is 1.87 bits per heavy atom. The lowest BCUT2D eigenvalue weighted by Gasteiger charge is -2.12. The Labute approximate surface area is 135 Å². The first-order valence-corrected chi connectivity index (χ1v) is 7.29. The molecule has 0 saturated carbocycles. The van der Waals surface area contributed by atoms with Crippen LogP contribution in [0.25, 0.3) is 0 Å². The van der Waals surface area contributed by atoms with Crippen molar-refractivity contribution in [1.82, 2.24) is 5.32 Å². The van der Waals surface area contributed by atoms with Crippen LogP contribution in [0.1, 0.15) is 21.5 Å². The zero-order valence-electron chi connectivity index (χ0n) is 13.5. The molecule has 2 rings (SSSR count). The minimum atomic E-state index is -0.175. The third-order valence-corrected chi connectivity index (χ3v) is 3.58. The molecule has 0 aliphatic rings. The average molecular weight is 312 g/mol. The summed E-state index contributed by atoms with van der Waals surface area (Å²) in [7, 11) is 3.17. The van der Waals surface area contributed by atoms with Crippen molar-refractivity contribution in [3.8, 4) is 5.75 Å². The Balaban J connectivity index is 2.12. The van der Waals surface area contributed by atoms with Crippen molar-refractivity contribution in [2.24, 2.45) is 0 Å². The van der Waals surface area contributed by atoms with Crippen LogP contribution >= 0.6 is 0 Å². The highest BCUT2D eigenvalue weighted by Gasteiger charge is 2.12. The van der Waals surface area contributed by atoms with Gasteiger partial charge < -0.3 is 15.4 Å². The molecule has 0 aromatic heterocycles. The Morgan fingerprint density at radius 3 is 2.57 bits per heavy atom. The van der Waals surface area contributed by atoms with E-state index in [1.54, 1.807) is 32.4 Å². The Bertz CT molecular complexity index is 726. The smallest absolute Gasteiger partial charge is 0.251 e. The quantitative estimate of drug-likeness (QED) is 0.891. The van der Waals surface area contributed by atoms with Gasteiger partial charge in [0.05, 0.1) is 13.5 Å². The largest absolute Gasteiger partial charge is 0.497 e. The van der Waals surface area contributed by atoms with Crippen LogP contribution in [-0.2, 0) is 11.2 Å². The predicted octanol–water partition coefficient (Wildman–Crippen LogP) is 2.54. The fraction of sp³-hybridized carbons (Fsp3) is 0.222. The number of hydrogen-bond donors (Lipinski definition) is 2. The second-order valence-corrected chi connectivity index (χ2v) is 5.13. The maximum atomic E-state index is 12.2. The Kier molecular flexibility index (Phi) is 5.36. The Hall–Kier alpha value is -2.82. The van der Waals surface area contributed by atoms with E-state index in [0.29, 0.717) is 17.0 Å². The standard InChI is InChI=1S/C18H20N2O3/c1-12-15(18(22)19-2)8-5-9-16(12)20-17(21)11-13-6-4-7-14(10-13)23-3/h4-10H,11H2,1-3H3,(H,19,22)(H,20,21). The summed E-state index contributed by atoms with van der Waals surface area (Å²) in [5.74, 6) is 0.398. The number of amides is 2. The number of carbonyl (C=O) groups is 2. The minimum absolute atomic E-state index is 0.143. The summed E-state index contributed by atoms with van der Waals surface area (Å²) in [4.78, 5) is 24.0. The predicted molar refractivity (Wildman–Crippen MR) is 89.9 cm³/mol. The minimum Gasteiger partial charge on any atom is -0.497 e. The molecule has 0 bridgehead atoms. The van der Waals surface area contributed by atoms with Crippen LogP contribution in [0.5, 0.6) is 5.75 Å². The molecule has 5 nitrogen and oxygen atoms in total. The van der Waals surface area contributed by atoms with Crippen LogP contribution in [0.15, 0.2) is 42.5 Å². The van der Waals surface area contributed by atoms with Crippen molar-refractivity contribution < 1.29 is 14.3 Å². The molecule has 23 heavy (non-hydrogen) atoms. The first-order valence-electron chi connectivity index (χ1n) is 7.29. The highest BCUT2D eigenvalue weighted by molar-refractivity contribution is 5.99. The van der Waals surface area contributed by atoms with Crippen molar-refractivity contribution in [3.63, 3.8) is 0 Å². The lowest BCUT2D eigenvalue weighted by Crippen LogP contribution is -2.20. The van der Waals surface area contributed by atoms with E-state index in [9.17, 15) is 9.59 Å². The van der Waals surface area contributed by atoms with E-state index < -0.39 is 0 Å². The summed E-state index contributed by atoms with van der Waals surface area (Å²) < 4.78 is 5.15. The first-order chi connectivity index (χ1) is 11.0. The van der Waals surface area contributed by atoms with Gasteiger partial charge in [-0.15, -0.1) is 0 Å². The molecular formula is C18H20N2O3. The van der Waals surface area contributed by atoms with Gasteiger partial charge in [0.1, 0.15) is 5.75 Å². The fourth-order valence-electron chi connectivity index (χ4n) is 2.31. The van der Waals surface area contributed by atoms with Gasteiger partial charge in [0.2, 0.25) is 5.91 Å².